The van der Waals surface area contributed by atoms with Crippen LogP contribution in [-0.4, -0.2) is 5.11 Å². The summed E-state index contributed by atoms with van der Waals surface area (Å²) in [6, 6.07) is 14.8. The zero-order valence-electron chi connectivity index (χ0n) is 7.44. The molecule has 0 unspecified atom stereocenters. The minimum atomic E-state index is 0.190. The predicted molar refractivity (Wildman–Crippen MR) is 58.6 cm³/mol. The molecule has 1 N–H and O–H groups in total. The van der Waals surface area contributed by atoms with E-state index in [1.165, 1.54) is 0 Å². The minimum Gasteiger partial charge on any atom is -0.508 e. The second-order valence-electron chi connectivity index (χ2n) is 3.03. The standard InChI is InChI=1S/C12H9ClO/c13-12-8-10(14)6-7-11(12)9-4-2-1-3-5-9/h1-8,14H. The van der Waals surface area contributed by atoms with E-state index in [9.17, 15) is 5.11 Å². The SMILES string of the molecule is Oc1ccc(-c2ccccc2)c(Cl)c1. The van der Waals surface area contributed by atoms with Gasteiger partial charge in [-0.05, 0) is 23.8 Å². The van der Waals surface area contributed by atoms with Crippen molar-refractivity contribution in [2.24, 2.45) is 0 Å². The van der Waals surface area contributed by atoms with Gasteiger partial charge in [0.05, 0.1) is 5.02 Å². The van der Waals surface area contributed by atoms with E-state index >= 15 is 0 Å². The zero-order chi connectivity index (χ0) is 9.97. The molecular weight excluding hydrogens is 196 g/mol. The fourth-order valence-electron chi connectivity index (χ4n) is 1.36. The Morgan fingerprint density at radius 1 is 0.929 bits per heavy atom. The molecule has 0 heterocycles. The largest absolute Gasteiger partial charge is 0.508 e. The molecule has 1 nitrogen and oxygen atoms in total. The highest BCUT2D eigenvalue weighted by Crippen LogP contribution is 2.30. The Kier molecular flexibility index (Phi) is 2.42. The molecule has 0 saturated heterocycles. The first-order chi connectivity index (χ1) is 6.77. The molecule has 0 spiro atoms. The smallest absolute Gasteiger partial charge is 0.117 e. The molecule has 2 aromatic carbocycles. The summed E-state index contributed by atoms with van der Waals surface area (Å²) in [5.74, 6) is 0.190. The van der Waals surface area contributed by atoms with E-state index < -0.39 is 0 Å². The van der Waals surface area contributed by atoms with Gasteiger partial charge in [-0.15, -0.1) is 0 Å². The van der Waals surface area contributed by atoms with Crippen molar-refractivity contribution in [3.05, 3.63) is 53.6 Å². The van der Waals surface area contributed by atoms with Crippen LogP contribution in [0.5, 0.6) is 5.75 Å². The molecule has 0 saturated carbocycles. The minimum absolute atomic E-state index is 0.190. The molecule has 2 aromatic rings. The first kappa shape index (κ1) is 9.10. The van der Waals surface area contributed by atoms with Gasteiger partial charge in [-0.2, -0.15) is 0 Å². The Morgan fingerprint density at radius 3 is 2.29 bits per heavy atom. The Bertz CT molecular complexity index is 437. The molecule has 0 aliphatic carbocycles. The fourth-order valence-corrected chi connectivity index (χ4v) is 1.64. The highest BCUT2D eigenvalue weighted by atomic mass is 35.5. The average Bonchev–Trinajstić information content (AvgIpc) is 2.19. The Balaban J connectivity index is 2.53. The molecule has 0 radical (unpaired) electrons. The van der Waals surface area contributed by atoms with Gasteiger partial charge in [0, 0.05) is 5.56 Å². The summed E-state index contributed by atoms with van der Waals surface area (Å²) in [4.78, 5) is 0. The highest BCUT2D eigenvalue weighted by molar-refractivity contribution is 6.33. The molecule has 14 heavy (non-hydrogen) atoms. The number of phenolic OH excluding ortho intramolecular Hbond substituents is 1. The van der Waals surface area contributed by atoms with Crippen molar-refractivity contribution in [2.45, 2.75) is 0 Å². The molecule has 0 fully saturated rings. The van der Waals surface area contributed by atoms with E-state index in [4.69, 9.17) is 11.6 Å². The Labute approximate surface area is 87.6 Å². The number of halogens is 1. The number of rotatable bonds is 1. The van der Waals surface area contributed by atoms with Crippen molar-refractivity contribution in [3.8, 4) is 16.9 Å². The van der Waals surface area contributed by atoms with Gasteiger partial charge in [0.25, 0.3) is 0 Å². The van der Waals surface area contributed by atoms with E-state index in [0.717, 1.165) is 11.1 Å². The molecule has 0 aliphatic heterocycles. The highest BCUT2D eigenvalue weighted by Gasteiger charge is 2.02. The van der Waals surface area contributed by atoms with Gasteiger partial charge in [0.1, 0.15) is 5.75 Å². The molecular formula is C12H9ClO. The second kappa shape index (κ2) is 3.72. The quantitative estimate of drug-likeness (QED) is 0.751. The first-order valence-corrected chi connectivity index (χ1v) is 4.69. The van der Waals surface area contributed by atoms with Crippen LogP contribution in [0, 0.1) is 0 Å². The summed E-state index contributed by atoms with van der Waals surface area (Å²) in [7, 11) is 0. The topological polar surface area (TPSA) is 20.2 Å². The van der Waals surface area contributed by atoms with E-state index in [1.807, 2.05) is 36.4 Å². The van der Waals surface area contributed by atoms with E-state index in [-0.39, 0.29) is 5.75 Å². The lowest BCUT2D eigenvalue weighted by molar-refractivity contribution is 0.475. The Morgan fingerprint density at radius 2 is 1.64 bits per heavy atom. The number of hydrogen-bond donors (Lipinski definition) is 1. The Hall–Kier alpha value is -1.47. The maximum atomic E-state index is 9.20. The molecule has 0 bridgehead atoms. The van der Waals surface area contributed by atoms with Crippen LogP contribution >= 0.6 is 11.6 Å². The molecule has 2 heteroatoms. The molecule has 70 valence electrons. The van der Waals surface area contributed by atoms with Crippen LogP contribution in [0.25, 0.3) is 11.1 Å². The van der Waals surface area contributed by atoms with E-state index in [0.29, 0.717) is 5.02 Å². The van der Waals surface area contributed by atoms with Gasteiger partial charge in [-0.3, -0.25) is 0 Å². The summed E-state index contributed by atoms with van der Waals surface area (Å²) >= 11 is 6.00. The van der Waals surface area contributed by atoms with Crippen LogP contribution < -0.4 is 0 Å². The average molecular weight is 205 g/mol. The van der Waals surface area contributed by atoms with Crippen molar-refractivity contribution < 1.29 is 5.11 Å². The summed E-state index contributed by atoms with van der Waals surface area (Å²) in [6.07, 6.45) is 0. The third kappa shape index (κ3) is 1.73. The number of benzene rings is 2. The third-order valence-electron chi connectivity index (χ3n) is 2.04. The van der Waals surface area contributed by atoms with Crippen LogP contribution in [0.2, 0.25) is 5.02 Å². The lowest BCUT2D eigenvalue weighted by atomic mass is 10.1. The number of hydrogen-bond acceptors (Lipinski definition) is 1. The van der Waals surface area contributed by atoms with Crippen LogP contribution in [0.15, 0.2) is 48.5 Å². The predicted octanol–water partition coefficient (Wildman–Crippen LogP) is 3.71. The lowest BCUT2D eigenvalue weighted by Gasteiger charge is -2.04. The van der Waals surface area contributed by atoms with Crippen molar-refractivity contribution in [3.63, 3.8) is 0 Å². The lowest BCUT2D eigenvalue weighted by Crippen LogP contribution is -1.78. The monoisotopic (exact) mass is 204 g/mol. The number of aromatic hydroxyl groups is 1. The normalized spacial score (nSPS) is 10.1. The van der Waals surface area contributed by atoms with Crippen LogP contribution in [0.4, 0.5) is 0 Å². The van der Waals surface area contributed by atoms with Crippen LogP contribution in [-0.2, 0) is 0 Å². The summed E-state index contributed by atoms with van der Waals surface area (Å²) in [6.45, 7) is 0. The summed E-state index contributed by atoms with van der Waals surface area (Å²) in [5, 5.41) is 9.77. The van der Waals surface area contributed by atoms with E-state index in [1.54, 1.807) is 12.1 Å². The number of phenols is 1. The molecule has 0 aromatic heterocycles. The van der Waals surface area contributed by atoms with Gasteiger partial charge < -0.3 is 5.11 Å². The fraction of sp³-hybridized carbons (Fsp3) is 0. The summed E-state index contributed by atoms with van der Waals surface area (Å²) in [5.41, 5.74) is 1.99. The maximum Gasteiger partial charge on any atom is 0.117 e. The first-order valence-electron chi connectivity index (χ1n) is 4.31. The van der Waals surface area contributed by atoms with Gasteiger partial charge in [0.15, 0.2) is 0 Å². The van der Waals surface area contributed by atoms with Crippen LogP contribution in [0.3, 0.4) is 0 Å². The van der Waals surface area contributed by atoms with Gasteiger partial charge >= 0.3 is 0 Å². The third-order valence-corrected chi connectivity index (χ3v) is 2.35. The molecule has 0 aliphatic rings. The maximum absolute atomic E-state index is 9.20. The van der Waals surface area contributed by atoms with Crippen molar-refractivity contribution >= 4 is 11.6 Å². The van der Waals surface area contributed by atoms with Gasteiger partial charge in [-0.1, -0.05) is 41.9 Å². The molecule has 0 amide bonds. The van der Waals surface area contributed by atoms with E-state index in [2.05, 4.69) is 0 Å². The molecule has 2 rings (SSSR count). The molecule has 0 atom stereocenters. The summed E-state index contributed by atoms with van der Waals surface area (Å²) < 4.78 is 0. The van der Waals surface area contributed by atoms with Crippen LogP contribution in [0.1, 0.15) is 0 Å². The van der Waals surface area contributed by atoms with Crippen molar-refractivity contribution in [1.29, 1.82) is 0 Å². The second-order valence-corrected chi connectivity index (χ2v) is 3.44. The zero-order valence-corrected chi connectivity index (χ0v) is 8.20. The van der Waals surface area contributed by atoms with Gasteiger partial charge in [-0.25, -0.2) is 0 Å². The van der Waals surface area contributed by atoms with Crippen molar-refractivity contribution in [1.82, 2.24) is 0 Å². The van der Waals surface area contributed by atoms with Crippen molar-refractivity contribution in [2.75, 3.05) is 0 Å². The van der Waals surface area contributed by atoms with Gasteiger partial charge in [0.2, 0.25) is 0 Å².